The number of rotatable bonds is 6. The summed E-state index contributed by atoms with van der Waals surface area (Å²) in [5, 5.41) is 8.97. The van der Waals surface area contributed by atoms with Crippen LogP contribution < -0.4 is 16.0 Å². The van der Waals surface area contributed by atoms with Crippen LogP contribution in [0.4, 0.5) is 5.69 Å². The molecule has 1 aromatic carbocycles. The summed E-state index contributed by atoms with van der Waals surface area (Å²) in [6.07, 6.45) is 1.96. The van der Waals surface area contributed by atoms with E-state index in [-0.39, 0.29) is 17.9 Å². The first-order valence-corrected chi connectivity index (χ1v) is 8.60. The summed E-state index contributed by atoms with van der Waals surface area (Å²) in [5.41, 5.74) is 1.92. The Morgan fingerprint density at radius 3 is 2.92 bits per heavy atom. The van der Waals surface area contributed by atoms with Gasteiger partial charge in [0.15, 0.2) is 0 Å². The molecule has 1 unspecified atom stereocenters. The molecule has 1 aliphatic rings. The molecule has 0 saturated carbocycles. The van der Waals surface area contributed by atoms with Gasteiger partial charge in [-0.1, -0.05) is 18.2 Å². The van der Waals surface area contributed by atoms with E-state index in [0.29, 0.717) is 37.6 Å². The highest BCUT2D eigenvalue weighted by atomic mass is 16.5. The number of pyridine rings is 1. The lowest BCUT2D eigenvalue weighted by Gasteiger charge is -2.23. The SMILES string of the molecule is O=C(CC1COCCN1)NCc1cccc(NC(=O)c2ccccn2)c1. The van der Waals surface area contributed by atoms with E-state index in [1.165, 1.54) is 0 Å². The number of morpholine rings is 1. The number of aromatic nitrogens is 1. The predicted molar refractivity (Wildman–Crippen MR) is 97.7 cm³/mol. The van der Waals surface area contributed by atoms with Crippen molar-refractivity contribution in [2.75, 3.05) is 25.1 Å². The molecule has 1 atom stereocenters. The van der Waals surface area contributed by atoms with Gasteiger partial charge in [0.05, 0.1) is 13.2 Å². The zero-order valence-corrected chi connectivity index (χ0v) is 14.4. The van der Waals surface area contributed by atoms with Gasteiger partial charge in [-0.3, -0.25) is 14.6 Å². The number of carbonyl (C=O) groups excluding carboxylic acids is 2. The van der Waals surface area contributed by atoms with E-state index in [0.717, 1.165) is 12.1 Å². The Labute approximate surface area is 152 Å². The zero-order valence-electron chi connectivity index (χ0n) is 14.4. The molecule has 2 heterocycles. The van der Waals surface area contributed by atoms with Crippen molar-refractivity contribution in [3.8, 4) is 0 Å². The minimum atomic E-state index is -0.268. The smallest absolute Gasteiger partial charge is 0.274 e. The van der Waals surface area contributed by atoms with E-state index in [1.807, 2.05) is 18.2 Å². The van der Waals surface area contributed by atoms with E-state index >= 15 is 0 Å². The van der Waals surface area contributed by atoms with Gasteiger partial charge in [0, 0.05) is 37.4 Å². The summed E-state index contributed by atoms with van der Waals surface area (Å²) in [6.45, 7) is 2.42. The maximum Gasteiger partial charge on any atom is 0.274 e. The number of carbonyl (C=O) groups is 2. The number of amides is 2. The maximum atomic E-state index is 12.2. The van der Waals surface area contributed by atoms with Gasteiger partial charge >= 0.3 is 0 Å². The topological polar surface area (TPSA) is 92.4 Å². The van der Waals surface area contributed by atoms with Gasteiger partial charge < -0.3 is 20.7 Å². The van der Waals surface area contributed by atoms with Crippen molar-refractivity contribution in [2.24, 2.45) is 0 Å². The van der Waals surface area contributed by atoms with E-state index in [1.54, 1.807) is 30.5 Å². The predicted octanol–water partition coefficient (Wildman–Crippen LogP) is 1.33. The fraction of sp³-hybridized carbons (Fsp3) is 0.316. The fourth-order valence-electron chi connectivity index (χ4n) is 2.70. The molecular formula is C19H22N4O3. The summed E-state index contributed by atoms with van der Waals surface area (Å²) in [5.74, 6) is -0.300. The molecule has 26 heavy (non-hydrogen) atoms. The van der Waals surface area contributed by atoms with Crippen LogP contribution in [0.1, 0.15) is 22.5 Å². The third kappa shape index (κ3) is 5.37. The van der Waals surface area contributed by atoms with Gasteiger partial charge in [0.1, 0.15) is 5.69 Å². The summed E-state index contributed by atoms with van der Waals surface area (Å²) < 4.78 is 5.35. The number of hydrogen-bond donors (Lipinski definition) is 3. The number of nitrogens with one attached hydrogen (secondary N) is 3. The van der Waals surface area contributed by atoms with Crippen molar-refractivity contribution < 1.29 is 14.3 Å². The van der Waals surface area contributed by atoms with Crippen molar-refractivity contribution in [1.82, 2.24) is 15.6 Å². The molecule has 0 radical (unpaired) electrons. The Morgan fingerprint density at radius 2 is 2.15 bits per heavy atom. The number of ether oxygens (including phenoxy) is 1. The van der Waals surface area contributed by atoms with Crippen molar-refractivity contribution in [3.63, 3.8) is 0 Å². The zero-order chi connectivity index (χ0) is 18.2. The Morgan fingerprint density at radius 1 is 1.23 bits per heavy atom. The molecular weight excluding hydrogens is 332 g/mol. The summed E-state index contributed by atoms with van der Waals surface area (Å²) in [4.78, 5) is 28.2. The Bertz CT molecular complexity index is 745. The summed E-state index contributed by atoms with van der Waals surface area (Å²) in [7, 11) is 0. The molecule has 0 spiro atoms. The van der Waals surface area contributed by atoms with Crippen molar-refractivity contribution in [2.45, 2.75) is 19.0 Å². The highest BCUT2D eigenvalue weighted by Crippen LogP contribution is 2.12. The average Bonchev–Trinajstić information content (AvgIpc) is 2.68. The maximum absolute atomic E-state index is 12.2. The average molecular weight is 354 g/mol. The highest BCUT2D eigenvalue weighted by Gasteiger charge is 2.16. The molecule has 2 aromatic rings. The largest absolute Gasteiger partial charge is 0.378 e. The summed E-state index contributed by atoms with van der Waals surface area (Å²) in [6, 6.07) is 12.6. The molecule has 7 nitrogen and oxygen atoms in total. The number of nitrogens with zero attached hydrogens (tertiary/aromatic N) is 1. The lowest BCUT2D eigenvalue weighted by atomic mass is 10.1. The molecule has 2 amide bonds. The van der Waals surface area contributed by atoms with Crippen LogP contribution in [0.3, 0.4) is 0 Å². The third-order valence-corrected chi connectivity index (χ3v) is 4.00. The standard InChI is InChI=1S/C19H22N4O3/c24-18(11-16-13-26-9-8-20-16)22-12-14-4-3-5-15(10-14)23-19(25)17-6-1-2-7-21-17/h1-7,10,16,20H,8-9,11-13H2,(H,22,24)(H,23,25). The number of benzene rings is 1. The summed E-state index contributed by atoms with van der Waals surface area (Å²) >= 11 is 0. The van der Waals surface area contributed by atoms with Gasteiger partial charge in [-0.15, -0.1) is 0 Å². The minimum absolute atomic E-state index is 0.0316. The molecule has 7 heteroatoms. The molecule has 1 fully saturated rings. The molecule has 136 valence electrons. The van der Waals surface area contributed by atoms with Crippen LogP contribution in [0, 0.1) is 0 Å². The van der Waals surface area contributed by atoms with Crippen molar-refractivity contribution in [3.05, 3.63) is 59.9 Å². The lowest BCUT2D eigenvalue weighted by molar-refractivity contribution is -0.122. The van der Waals surface area contributed by atoms with Crippen molar-refractivity contribution in [1.29, 1.82) is 0 Å². The van der Waals surface area contributed by atoms with E-state index < -0.39 is 0 Å². The molecule has 3 N–H and O–H groups in total. The van der Waals surface area contributed by atoms with E-state index in [9.17, 15) is 9.59 Å². The minimum Gasteiger partial charge on any atom is -0.378 e. The molecule has 1 aromatic heterocycles. The Balaban J connectivity index is 1.50. The Kier molecular flexibility index (Phi) is 6.29. The second-order valence-corrected chi connectivity index (χ2v) is 6.08. The molecule has 0 aliphatic carbocycles. The second kappa shape index (κ2) is 9.07. The highest BCUT2D eigenvalue weighted by molar-refractivity contribution is 6.02. The van der Waals surface area contributed by atoms with Crippen LogP contribution in [0.15, 0.2) is 48.7 Å². The fourth-order valence-corrected chi connectivity index (χ4v) is 2.70. The van der Waals surface area contributed by atoms with Gasteiger partial charge in [-0.25, -0.2) is 0 Å². The Hall–Kier alpha value is -2.77. The number of anilines is 1. The second-order valence-electron chi connectivity index (χ2n) is 6.08. The van der Waals surface area contributed by atoms with Gasteiger partial charge in [-0.05, 0) is 29.8 Å². The van der Waals surface area contributed by atoms with Crippen molar-refractivity contribution >= 4 is 17.5 Å². The van der Waals surface area contributed by atoms with Crippen LogP contribution in [0.25, 0.3) is 0 Å². The molecule has 1 aliphatic heterocycles. The monoisotopic (exact) mass is 354 g/mol. The first-order chi connectivity index (χ1) is 12.7. The number of hydrogen-bond acceptors (Lipinski definition) is 5. The first kappa shape index (κ1) is 18.0. The molecule has 3 rings (SSSR count). The van der Waals surface area contributed by atoms with Crippen LogP contribution >= 0.6 is 0 Å². The van der Waals surface area contributed by atoms with Gasteiger partial charge in [0.25, 0.3) is 5.91 Å². The van der Waals surface area contributed by atoms with Crippen LogP contribution in [-0.4, -0.2) is 42.6 Å². The van der Waals surface area contributed by atoms with Crippen LogP contribution in [0.2, 0.25) is 0 Å². The molecule has 0 bridgehead atoms. The van der Waals surface area contributed by atoms with Gasteiger partial charge in [0.2, 0.25) is 5.91 Å². The van der Waals surface area contributed by atoms with Crippen LogP contribution in [-0.2, 0) is 16.1 Å². The lowest BCUT2D eigenvalue weighted by Crippen LogP contribution is -2.44. The van der Waals surface area contributed by atoms with E-state index in [4.69, 9.17) is 4.74 Å². The molecule has 1 saturated heterocycles. The van der Waals surface area contributed by atoms with E-state index in [2.05, 4.69) is 20.9 Å². The quantitative estimate of drug-likeness (QED) is 0.728. The van der Waals surface area contributed by atoms with Crippen LogP contribution in [0.5, 0.6) is 0 Å². The normalized spacial score (nSPS) is 16.7. The first-order valence-electron chi connectivity index (χ1n) is 8.60. The van der Waals surface area contributed by atoms with Gasteiger partial charge in [-0.2, -0.15) is 0 Å². The third-order valence-electron chi connectivity index (χ3n) is 4.00.